The monoisotopic (exact) mass is 283 g/mol. The van der Waals surface area contributed by atoms with Gasteiger partial charge in [0.2, 0.25) is 6.04 Å². The zero-order valence-corrected chi connectivity index (χ0v) is 11.6. The van der Waals surface area contributed by atoms with Gasteiger partial charge in [0, 0.05) is 23.0 Å². The van der Waals surface area contributed by atoms with Crippen molar-refractivity contribution < 1.29 is 14.3 Å². The molecule has 0 bridgehead atoms. The van der Waals surface area contributed by atoms with Crippen LogP contribution < -0.4 is 0 Å². The lowest BCUT2D eigenvalue weighted by atomic mass is 10.0. The lowest BCUT2D eigenvalue weighted by molar-refractivity contribution is -0.144. The van der Waals surface area contributed by atoms with E-state index in [9.17, 15) is 9.70 Å². The van der Waals surface area contributed by atoms with Gasteiger partial charge in [-0.1, -0.05) is 0 Å². The Morgan fingerprint density at radius 2 is 2.47 bits per heavy atom. The summed E-state index contributed by atoms with van der Waals surface area (Å²) in [4.78, 5) is 24.2. The Morgan fingerprint density at radius 1 is 1.63 bits per heavy atom. The van der Waals surface area contributed by atoms with Gasteiger partial charge in [-0.25, -0.2) is 4.79 Å². The molecule has 2 atom stereocenters. The van der Waals surface area contributed by atoms with Crippen LogP contribution in [0, 0.1) is 10.8 Å². The smallest absolute Gasteiger partial charge is 0.340 e. The first-order valence-corrected chi connectivity index (χ1v) is 7.21. The van der Waals surface area contributed by atoms with E-state index in [-0.39, 0.29) is 6.61 Å². The summed E-state index contributed by atoms with van der Waals surface area (Å²) in [6.45, 7) is 3.58. The molecular formula is C13H17NO4S. The summed E-state index contributed by atoms with van der Waals surface area (Å²) in [6.07, 6.45) is 2.00. The highest BCUT2D eigenvalue weighted by atomic mass is 32.1. The number of thiophene rings is 1. The maximum absolute atomic E-state index is 11.6. The molecule has 0 N–H and O–H groups in total. The van der Waals surface area contributed by atoms with Crippen LogP contribution >= 0.6 is 11.3 Å². The maximum atomic E-state index is 11.6. The quantitative estimate of drug-likeness (QED) is 0.594. The molecule has 1 aliphatic heterocycles. The summed E-state index contributed by atoms with van der Waals surface area (Å²) in [7, 11) is 0. The zero-order chi connectivity index (χ0) is 13.7. The van der Waals surface area contributed by atoms with E-state index in [2.05, 4.69) is 5.18 Å². The molecule has 2 rings (SSSR count). The van der Waals surface area contributed by atoms with Crippen molar-refractivity contribution in [3.8, 4) is 0 Å². The van der Waals surface area contributed by atoms with Crippen molar-refractivity contribution in [1.82, 2.24) is 0 Å². The van der Waals surface area contributed by atoms with E-state index in [4.69, 9.17) is 9.47 Å². The van der Waals surface area contributed by atoms with Crippen LogP contribution in [0.1, 0.15) is 29.1 Å². The fraction of sp³-hybridized carbons (Fsp3) is 0.615. The molecule has 0 radical (unpaired) electrons. The number of hydrogen-bond donors (Lipinski definition) is 0. The van der Waals surface area contributed by atoms with Gasteiger partial charge in [0.15, 0.2) is 0 Å². The van der Waals surface area contributed by atoms with Gasteiger partial charge in [-0.2, -0.15) is 0 Å². The highest BCUT2D eigenvalue weighted by Gasteiger charge is 2.25. The van der Waals surface area contributed by atoms with Crippen LogP contribution in [-0.2, 0) is 20.7 Å². The number of ether oxygens (including phenoxy) is 2. The molecule has 6 heteroatoms. The Balaban J connectivity index is 2.01. The van der Waals surface area contributed by atoms with Gasteiger partial charge in [-0.3, -0.25) is 0 Å². The molecule has 1 saturated heterocycles. The number of hydrogen-bond acceptors (Lipinski definition) is 6. The molecule has 2 unspecified atom stereocenters. The molecule has 5 nitrogen and oxygen atoms in total. The maximum Gasteiger partial charge on any atom is 0.340 e. The fourth-order valence-corrected chi connectivity index (χ4v) is 3.26. The zero-order valence-electron chi connectivity index (χ0n) is 10.8. The molecule has 0 aliphatic carbocycles. The van der Waals surface area contributed by atoms with Crippen molar-refractivity contribution in [1.29, 1.82) is 0 Å². The molecule has 19 heavy (non-hydrogen) atoms. The Morgan fingerprint density at radius 3 is 3.11 bits per heavy atom. The van der Waals surface area contributed by atoms with E-state index in [1.165, 1.54) is 11.3 Å². The van der Waals surface area contributed by atoms with E-state index in [0.717, 1.165) is 30.9 Å². The van der Waals surface area contributed by atoms with Crippen LogP contribution in [0.4, 0.5) is 0 Å². The van der Waals surface area contributed by atoms with Crippen LogP contribution in [0.2, 0.25) is 0 Å². The molecule has 0 amide bonds. The van der Waals surface area contributed by atoms with Gasteiger partial charge in [0.05, 0.1) is 6.61 Å². The van der Waals surface area contributed by atoms with Crippen molar-refractivity contribution in [2.75, 3.05) is 19.8 Å². The van der Waals surface area contributed by atoms with Crippen molar-refractivity contribution in [3.63, 3.8) is 0 Å². The standard InChI is InChI=1S/C13H17NO4S/c1-2-18-13(15)12(14-16)11-4-3-10(19-11)7-9-5-6-17-8-9/h3-4,9,12H,2,5-8H2,1H3. The van der Waals surface area contributed by atoms with Gasteiger partial charge < -0.3 is 9.47 Å². The predicted molar refractivity (Wildman–Crippen MR) is 72.1 cm³/mol. The number of nitroso groups, excluding NO2 is 1. The van der Waals surface area contributed by atoms with E-state index < -0.39 is 12.0 Å². The molecule has 0 saturated carbocycles. The van der Waals surface area contributed by atoms with E-state index in [0.29, 0.717) is 10.8 Å². The number of nitrogens with zero attached hydrogens (tertiary/aromatic N) is 1. The molecule has 0 spiro atoms. The first-order valence-electron chi connectivity index (χ1n) is 6.40. The summed E-state index contributed by atoms with van der Waals surface area (Å²) < 4.78 is 10.2. The molecule has 1 fully saturated rings. The van der Waals surface area contributed by atoms with E-state index in [1.807, 2.05) is 6.07 Å². The molecule has 1 aliphatic rings. The minimum absolute atomic E-state index is 0.252. The molecule has 2 heterocycles. The predicted octanol–water partition coefficient (Wildman–Crippen LogP) is 2.70. The summed E-state index contributed by atoms with van der Waals surface area (Å²) in [5.74, 6) is -0.0353. The summed E-state index contributed by atoms with van der Waals surface area (Å²) >= 11 is 1.46. The Hall–Kier alpha value is -1.27. The Kier molecular flexibility index (Phi) is 5.04. The van der Waals surface area contributed by atoms with Gasteiger partial charge in [0.25, 0.3) is 0 Å². The second-order valence-corrected chi connectivity index (χ2v) is 5.70. The van der Waals surface area contributed by atoms with Crippen molar-refractivity contribution >= 4 is 17.3 Å². The van der Waals surface area contributed by atoms with Gasteiger partial charge in [-0.05, 0) is 43.0 Å². The number of carbonyl (C=O) groups is 1. The minimum atomic E-state index is -1.03. The highest BCUT2D eigenvalue weighted by Crippen LogP contribution is 2.30. The van der Waals surface area contributed by atoms with E-state index in [1.54, 1.807) is 13.0 Å². The number of carbonyl (C=O) groups excluding carboxylic acids is 1. The Bertz CT molecular complexity index is 440. The SMILES string of the molecule is CCOC(=O)C(N=O)c1ccc(CC2CCOC2)s1. The number of rotatable bonds is 6. The number of esters is 1. The lowest BCUT2D eigenvalue weighted by Gasteiger charge is -2.06. The normalized spacial score (nSPS) is 20.2. The largest absolute Gasteiger partial charge is 0.464 e. The lowest BCUT2D eigenvalue weighted by Crippen LogP contribution is -2.12. The summed E-state index contributed by atoms with van der Waals surface area (Å²) in [6, 6.07) is 2.72. The topological polar surface area (TPSA) is 65.0 Å². The minimum Gasteiger partial charge on any atom is -0.464 e. The highest BCUT2D eigenvalue weighted by molar-refractivity contribution is 7.12. The van der Waals surface area contributed by atoms with Crippen LogP contribution in [0.15, 0.2) is 17.3 Å². The average molecular weight is 283 g/mol. The van der Waals surface area contributed by atoms with Crippen molar-refractivity contribution in [2.24, 2.45) is 11.1 Å². The van der Waals surface area contributed by atoms with Crippen molar-refractivity contribution in [2.45, 2.75) is 25.8 Å². The second-order valence-electron chi connectivity index (χ2n) is 4.50. The van der Waals surface area contributed by atoms with Crippen molar-refractivity contribution in [3.05, 3.63) is 26.8 Å². The van der Waals surface area contributed by atoms with Crippen LogP contribution in [-0.4, -0.2) is 25.8 Å². The van der Waals surface area contributed by atoms with E-state index >= 15 is 0 Å². The van der Waals surface area contributed by atoms with Crippen LogP contribution in [0.25, 0.3) is 0 Å². The first kappa shape index (κ1) is 14.1. The first-order chi connectivity index (χ1) is 9.24. The molecule has 0 aromatic carbocycles. The van der Waals surface area contributed by atoms with Gasteiger partial charge in [-0.15, -0.1) is 16.2 Å². The molecular weight excluding hydrogens is 266 g/mol. The molecule has 104 valence electrons. The Labute approximate surface area is 115 Å². The molecule has 1 aromatic heterocycles. The third-order valence-electron chi connectivity index (χ3n) is 3.08. The summed E-state index contributed by atoms with van der Waals surface area (Å²) in [5.41, 5.74) is 0. The van der Waals surface area contributed by atoms with Gasteiger partial charge >= 0.3 is 5.97 Å². The third kappa shape index (κ3) is 3.61. The summed E-state index contributed by atoms with van der Waals surface area (Å²) in [5, 5.41) is 2.88. The second kappa shape index (κ2) is 6.77. The van der Waals surface area contributed by atoms with Crippen LogP contribution in [0.5, 0.6) is 0 Å². The third-order valence-corrected chi connectivity index (χ3v) is 4.24. The fourth-order valence-electron chi connectivity index (χ4n) is 2.11. The molecule has 1 aromatic rings. The van der Waals surface area contributed by atoms with Gasteiger partial charge in [0.1, 0.15) is 0 Å². The average Bonchev–Trinajstić information content (AvgIpc) is 3.03. The van der Waals surface area contributed by atoms with Crippen LogP contribution in [0.3, 0.4) is 0 Å².